The quantitative estimate of drug-likeness (QED) is 0.698. The number of nitrogens with zero attached hydrogens (tertiary/aromatic N) is 1. The second-order valence-corrected chi connectivity index (χ2v) is 8.27. The van der Waals surface area contributed by atoms with E-state index in [0.29, 0.717) is 6.04 Å². The van der Waals surface area contributed by atoms with Crippen LogP contribution in [0.25, 0.3) is 10.9 Å². The Morgan fingerprint density at radius 3 is 2.75 bits per heavy atom. The number of fused-ring (bicyclic) bond motifs is 1. The highest BCUT2D eigenvalue weighted by atomic mass is 16.5. The van der Waals surface area contributed by atoms with Crippen LogP contribution in [-0.4, -0.2) is 35.7 Å². The number of rotatable bonds is 4. The number of piperidine rings is 1. The van der Waals surface area contributed by atoms with Crippen molar-refractivity contribution in [2.24, 2.45) is 0 Å². The van der Waals surface area contributed by atoms with Gasteiger partial charge < -0.3 is 14.5 Å². The van der Waals surface area contributed by atoms with Crippen molar-refractivity contribution < 1.29 is 9.47 Å². The Kier molecular flexibility index (Phi) is 4.41. The molecule has 1 spiro atoms. The highest BCUT2D eigenvalue weighted by Gasteiger charge is 2.45. The van der Waals surface area contributed by atoms with E-state index >= 15 is 0 Å². The molecule has 146 valence electrons. The number of nitrogens with one attached hydrogen (secondary N) is 1. The molecule has 3 heterocycles. The predicted molar refractivity (Wildman–Crippen MR) is 112 cm³/mol. The third-order valence-electron chi connectivity index (χ3n) is 6.70. The maximum absolute atomic E-state index is 6.07. The lowest BCUT2D eigenvalue weighted by molar-refractivity contribution is -0.185. The van der Waals surface area contributed by atoms with Crippen LogP contribution in [-0.2, 0) is 11.3 Å². The van der Waals surface area contributed by atoms with Gasteiger partial charge in [0.2, 0.25) is 0 Å². The van der Waals surface area contributed by atoms with Crippen molar-refractivity contribution in [2.45, 2.75) is 44.4 Å². The molecule has 0 amide bonds. The minimum atomic E-state index is 0.0950. The topological polar surface area (TPSA) is 37.5 Å². The predicted octanol–water partition coefficient (Wildman–Crippen LogP) is 4.98. The maximum atomic E-state index is 6.07. The van der Waals surface area contributed by atoms with Crippen molar-refractivity contribution in [1.29, 1.82) is 0 Å². The monoisotopic (exact) mass is 376 g/mol. The lowest BCUT2D eigenvalue weighted by Gasteiger charge is -2.51. The highest BCUT2D eigenvalue weighted by Crippen LogP contribution is 2.46. The summed E-state index contributed by atoms with van der Waals surface area (Å²) < 4.78 is 11.9. The molecule has 4 nitrogen and oxygen atoms in total. The molecule has 0 radical (unpaired) electrons. The van der Waals surface area contributed by atoms with Gasteiger partial charge in [-0.15, -0.1) is 0 Å². The first-order chi connectivity index (χ1) is 13.7. The fraction of sp³-hybridized carbons (Fsp3) is 0.417. The van der Waals surface area contributed by atoms with E-state index in [0.717, 1.165) is 38.3 Å². The van der Waals surface area contributed by atoms with Crippen LogP contribution in [0.4, 0.5) is 0 Å². The van der Waals surface area contributed by atoms with Gasteiger partial charge in [-0.1, -0.05) is 30.3 Å². The lowest BCUT2D eigenvalue weighted by Crippen LogP contribution is -2.53. The SMILES string of the molecule is COc1cc(C)c2[nH]ccc2c1CN1CCC2(CCO2)CC1c1ccccc1. The molecule has 2 aliphatic rings. The van der Waals surface area contributed by atoms with Crippen molar-refractivity contribution in [2.75, 3.05) is 20.3 Å². The minimum Gasteiger partial charge on any atom is -0.496 e. The molecule has 2 fully saturated rings. The van der Waals surface area contributed by atoms with E-state index < -0.39 is 0 Å². The molecule has 2 aromatic carbocycles. The van der Waals surface area contributed by atoms with Crippen molar-refractivity contribution in [3.8, 4) is 5.75 Å². The second-order valence-electron chi connectivity index (χ2n) is 8.27. The molecule has 2 aliphatic heterocycles. The Labute approximate surface area is 166 Å². The molecular weight excluding hydrogens is 348 g/mol. The van der Waals surface area contributed by atoms with Gasteiger partial charge in [0, 0.05) is 41.8 Å². The van der Waals surface area contributed by atoms with E-state index in [4.69, 9.17) is 9.47 Å². The summed E-state index contributed by atoms with van der Waals surface area (Å²) in [7, 11) is 1.78. The Bertz CT molecular complexity index is 975. The van der Waals surface area contributed by atoms with Crippen molar-refractivity contribution in [1.82, 2.24) is 9.88 Å². The zero-order chi connectivity index (χ0) is 19.1. The van der Waals surface area contributed by atoms with Crippen LogP contribution in [0, 0.1) is 6.92 Å². The van der Waals surface area contributed by atoms with Crippen LogP contribution in [0.3, 0.4) is 0 Å². The molecule has 3 aromatic rings. The highest BCUT2D eigenvalue weighted by molar-refractivity contribution is 5.88. The third kappa shape index (κ3) is 2.92. The number of aromatic nitrogens is 1. The van der Waals surface area contributed by atoms with Crippen LogP contribution < -0.4 is 4.74 Å². The zero-order valence-corrected chi connectivity index (χ0v) is 16.7. The molecule has 4 heteroatoms. The van der Waals surface area contributed by atoms with Crippen LogP contribution in [0.15, 0.2) is 48.7 Å². The van der Waals surface area contributed by atoms with Gasteiger partial charge in [0.05, 0.1) is 19.3 Å². The number of benzene rings is 2. The molecule has 1 N–H and O–H groups in total. The molecule has 2 saturated heterocycles. The molecule has 1 aromatic heterocycles. The van der Waals surface area contributed by atoms with Gasteiger partial charge in [0.15, 0.2) is 0 Å². The Morgan fingerprint density at radius 2 is 2.04 bits per heavy atom. The fourth-order valence-corrected chi connectivity index (χ4v) is 5.01. The summed E-state index contributed by atoms with van der Waals surface area (Å²) in [5.41, 5.74) is 5.19. The minimum absolute atomic E-state index is 0.0950. The standard InChI is InChI=1S/C24H28N2O2/c1-17-14-22(27-2)20(19-8-11-25-23(17)19)16-26-12-9-24(10-13-28-24)15-21(26)18-6-4-3-5-7-18/h3-8,11,14,21,25H,9-10,12-13,15-16H2,1-2H3. The maximum Gasteiger partial charge on any atom is 0.124 e. The van der Waals surface area contributed by atoms with E-state index in [2.05, 4.69) is 59.3 Å². The number of methoxy groups -OCH3 is 1. The number of aromatic amines is 1. The van der Waals surface area contributed by atoms with Crippen LogP contribution >= 0.6 is 0 Å². The Balaban J connectivity index is 1.52. The van der Waals surface area contributed by atoms with Gasteiger partial charge in [0.1, 0.15) is 5.75 Å². The average Bonchev–Trinajstić information content (AvgIpc) is 3.20. The summed E-state index contributed by atoms with van der Waals surface area (Å²) in [6, 6.07) is 15.6. The van der Waals surface area contributed by atoms with E-state index in [1.807, 2.05) is 6.20 Å². The van der Waals surface area contributed by atoms with Crippen LogP contribution in [0.5, 0.6) is 5.75 Å². The normalized spacial score (nSPS) is 25.1. The molecular formula is C24H28N2O2. The van der Waals surface area contributed by atoms with Gasteiger partial charge >= 0.3 is 0 Å². The van der Waals surface area contributed by atoms with Crippen molar-refractivity contribution in [3.63, 3.8) is 0 Å². The Morgan fingerprint density at radius 1 is 1.21 bits per heavy atom. The average molecular weight is 377 g/mol. The first kappa shape index (κ1) is 17.8. The van der Waals surface area contributed by atoms with Gasteiger partial charge in [-0.05, 0) is 49.4 Å². The first-order valence-electron chi connectivity index (χ1n) is 10.3. The number of H-pyrrole nitrogens is 1. The van der Waals surface area contributed by atoms with Gasteiger partial charge in [0.25, 0.3) is 0 Å². The van der Waals surface area contributed by atoms with E-state index in [9.17, 15) is 0 Å². The Hall–Kier alpha value is -2.30. The smallest absolute Gasteiger partial charge is 0.124 e. The lowest BCUT2D eigenvalue weighted by atomic mass is 9.78. The molecule has 0 aliphatic carbocycles. The van der Waals surface area contributed by atoms with Crippen LogP contribution in [0.2, 0.25) is 0 Å². The molecule has 0 bridgehead atoms. The van der Waals surface area contributed by atoms with Crippen molar-refractivity contribution in [3.05, 3.63) is 65.4 Å². The van der Waals surface area contributed by atoms with E-state index in [1.165, 1.54) is 34.0 Å². The van der Waals surface area contributed by atoms with Gasteiger partial charge in [-0.25, -0.2) is 0 Å². The van der Waals surface area contributed by atoms with Gasteiger partial charge in [-0.3, -0.25) is 4.90 Å². The summed E-state index contributed by atoms with van der Waals surface area (Å²) in [6.07, 6.45) is 5.41. The number of likely N-dealkylation sites (tertiary alicyclic amines) is 1. The summed E-state index contributed by atoms with van der Waals surface area (Å²) in [5.74, 6) is 0.983. The number of ether oxygens (including phenoxy) is 2. The van der Waals surface area contributed by atoms with Crippen molar-refractivity contribution >= 4 is 10.9 Å². The largest absolute Gasteiger partial charge is 0.496 e. The molecule has 28 heavy (non-hydrogen) atoms. The summed E-state index contributed by atoms with van der Waals surface area (Å²) in [5, 5.41) is 1.27. The molecule has 0 saturated carbocycles. The van der Waals surface area contributed by atoms with E-state index in [1.54, 1.807) is 7.11 Å². The summed E-state index contributed by atoms with van der Waals surface area (Å²) >= 11 is 0. The van der Waals surface area contributed by atoms with Gasteiger partial charge in [-0.2, -0.15) is 0 Å². The second kappa shape index (κ2) is 6.94. The number of aryl methyl sites for hydroxylation is 1. The number of hydrogen-bond donors (Lipinski definition) is 1. The molecule has 2 unspecified atom stereocenters. The third-order valence-corrected chi connectivity index (χ3v) is 6.70. The van der Waals surface area contributed by atoms with E-state index in [-0.39, 0.29) is 5.60 Å². The fourth-order valence-electron chi connectivity index (χ4n) is 5.01. The zero-order valence-electron chi connectivity index (χ0n) is 16.7. The number of hydrogen-bond acceptors (Lipinski definition) is 3. The summed E-state index contributed by atoms with van der Waals surface area (Å²) in [4.78, 5) is 6.01. The first-order valence-corrected chi connectivity index (χ1v) is 10.3. The summed E-state index contributed by atoms with van der Waals surface area (Å²) in [6.45, 7) is 4.98. The molecule has 5 rings (SSSR count). The van der Waals surface area contributed by atoms with Crippen LogP contribution in [0.1, 0.15) is 42.0 Å². The molecule has 2 atom stereocenters.